The average molecular weight is 233 g/mol. The Bertz CT molecular complexity index is 69.4. The minimum Gasteiger partial charge on any atom is -1.00 e. The van der Waals surface area contributed by atoms with Crippen LogP contribution < -0.4 is 93.3 Å². The predicted molar refractivity (Wildman–Crippen MR) is 22.6 cm³/mol. The van der Waals surface area contributed by atoms with Gasteiger partial charge in [0, 0.05) is 0 Å². The van der Waals surface area contributed by atoms with E-state index >= 15 is 0 Å². The third-order valence-electron chi connectivity index (χ3n) is 0. The van der Waals surface area contributed by atoms with E-state index in [4.69, 9.17) is 19.2 Å². The summed E-state index contributed by atoms with van der Waals surface area (Å²) in [4.78, 5) is 21.6. The molecule has 0 aliphatic carbocycles. The van der Waals surface area contributed by atoms with Crippen LogP contribution in [0.2, 0.25) is 0 Å². The van der Waals surface area contributed by atoms with Gasteiger partial charge in [-0.1, -0.05) is 0 Å². The molecule has 9 heteroatoms. The van der Waals surface area contributed by atoms with Gasteiger partial charge in [-0.15, -0.1) is 12.4 Å². The molecule has 0 aliphatic heterocycles. The monoisotopic (exact) mass is 232 g/mol. The van der Waals surface area contributed by atoms with Crippen LogP contribution in [0.5, 0.6) is 0 Å². The Morgan fingerprint density at radius 1 is 1.22 bits per heavy atom. The van der Waals surface area contributed by atoms with Gasteiger partial charge in [-0.2, -0.15) is 0 Å². The Morgan fingerprint density at radius 3 is 1.22 bits per heavy atom. The molecule has 0 aromatic carbocycles. The maximum atomic E-state index is 8.88. The fraction of sp³-hybridized carbons (Fsp3) is 0. The Labute approximate surface area is 131 Å². The summed E-state index contributed by atoms with van der Waals surface area (Å²) in [5.41, 5.74) is 0. The molecule has 0 atom stereocenters. The number of halogens is 2. The standard InChI is InChI=1S/2ClH.K.Na.H3O4P.H/c;;;;1-5(2,3)4;/h2*1H;;;(H3,1,2,3,4);/q;;2*+1;;-1/p-1. The van der Waals surface area contributed by atoms with E-state index in [9.17, 15) is 0 Å². The predicted octanol–water partition coefficient (Wildman–Crippen LogP) is -9.38. The molecule has 0 aromatic rings. The van der Waals surface area contributed by atoms with Crippen LogP contribution in [0.4, 0.5) is 0 Å². The molecule has 9 heavy (non-hydrogen) atoms. The number of phosphoric acid groups is 1. The van der Waals surface area contributed by atoms with Gasteiger partial charge in [-0.3, -0.25) is 0 Å². The van der Waals surface area contributed by atoms with E-state index in [1.165, 1.54) is 0 Å². The molecular formula is H5Cl2KNaO4P. The summed E-state index contributed by atoms with van der Waals surface area (Å²) < 4.78 is 8.88. The van der Waals surface area contributed by atoms with Crippen molar-refractivity contribution >= 4 is 20.2 Å². The van der Waals surface area contributed by atoms with Crippen molar-refractivity contribution in [2.45, 2.75) is 0 Å². The molecule has 0 saturated carbocycles. The van der Waals surface area contributed by atoms with Crippen molar-refractivity contribution in [2.24, 2.45) is 0 Å². The van der Waals surface area contributed by atoms with Gasteiger partial charge in [0.2, 0.25) is 0 Å². The zero-order valence-electron chi connectivity index (χ0n) is 5.98. The summed E-state index contributed by atoms with van der Waals surface area (Å²) in [5.74, 6) is 0. The third-order valence-corrected chi connectivity index (χ3v) is 0. The summed E-state index contributed by atoms with van der Waals surface area (Å²) in [5, 5.41) is 0. The Hall–Kier alpha value is 3.33. The van der Waals surface area contributed by atoms with Crippen LogP contribution in [0, 0.1) is 0 Å². The van der Waals surface area contributed by atoms with E-state index in [1.54, 1.807) is 0 Å². The van der Waals surface area contributed by atoms with Crippen LogP contribution in [0.3, 0.4) is 0 Å². The summed E-state index contributed by atoms with van der Waals surface area (Å²) in [6.07, 6.45) is 0. The number of hydrogen-bond acceptors (Lipinski definition) is 1. The van der Waals surface area contributed by atoms with Gasteiger partial charge in [0.05, 0.1) is 0 Å². The summed E-state index contributed by atoms with van der Waals surface area (Å²) in [6.45, 7) is 0. The summed E-state index contributed by atoms with van der Waals surface area (Å²) in [6, 6.07) is 0. The second-order valence-corrected chi connectivity index (χ2v) is 1.54. The smallest absolute Gasteiger partial charge is 1.00 e. The SMILES string of the molecule is Cl.O=P(O)(O)O.[Cl-].[H-].[K+].[Na+]. The van der Waals surface area contributed by atoms with Gasteiger partial charge >= 0.3 is 88.8 Å². The van der Waals surface area contributed by atoms with Crippen molar-refractivity contribution in [1.82, 2.24) is 0 Å². The summed E-state index contributed by atoms with van der Waals surface area (Å²) in [7, 11) is -4.64. The quantitative estimate of drug-likeness (QED) is 0.287. The molecule has 0 unspecified atom stereocenters. The minimum atomic E-state index is -4.64. The first kappa shape index (κ1) is 29.5. The van der Waals surface area contributed by atoms with E-state index in [0.29, 0.717) is 0 Å². The van der Waals surface area contributed by atoms with Crippen LogP contribution >= 0.6 is 20.2 Å². The van der Waals surface area contributed by atoms with Gasteiger partial charge in [0.25, 0.3) is 0 Å². The number of rotatable bonds is 0. The van der Waals surface area contributed by atoms with Crippen LogP contribution in [0.1, 0.15) is 1.43 Å². The van der Waals surface area contributed by atoms with E-state index in [0.717, 1.165) is 0 Å². The van der Waals surface area contributed by atoms with Gasteiger partial charge in [0.15, 0.2) is 0 Å². The first-order chi connectivity index (χ1) is 2.00. The Balaban J connectivity index is -0.00000000800. The molecule has 4 nitrogen and oxygen atoms in total. The maximum Gasteiger partial charge on any atom is 1.00 e. The molecular weight excluding hydrogens is 228 g/mol. The van der Waals surface area contributed by atoms with E-state index in [2.05, 4.69) is 0 Å². The average Bonchev–Trinajstić information content (AvgIpc) is 0.722. The van der Waals surface area contributed by atoms with Gasteiger partial charge in [0.1, 0.15) is 0 Å². The molecule has 0 rings (SSSR count). The largest absolute Gasteiger partial charge is 1.00 e. The number of hydrogen-bond donors (Lipinski definition) is 3. The maximum absolute atomic E-state index is 8.88. The van der Waals surface area contributed by atoms with Gasteiger partial charge in [-0.25, -0.2) is 4.57 Å². The molecule has 0 amide bonds. The second kappa shape index (κ2) is 13.9. The van der Waals surface area contributed by atoms with Crippen LogP contribution in [0.15, 0.2) is 0 Å². The van der Waals surface area contributed by atoms with Crippen molar-refractivity contribution < 1.29 is 114 Å². The van der Waals surface area contributed by atoms with Crippen molar-refractivity contribution in [3.05, 3.63) is 0 Å². The van der Waals surface area contributed by atoms with Crippen molar-refractivity contribution in [3.63, 3.8) is 0 Å². The van der Waals surface area contributed by atoms with E-state index in [1.807, 2.05) is 0 Å². The molecule has 0 radical (unpaired) electrons. The first-order valence-corrected chi connectivity index (χ1v) is 2.35. The van der Waals surface area contributed by atoms with Gasteiger partial charge < -0.3 is 28.5 Å². The van der Waals surface area contributed by atoms with E-state index in [-0.39, 0.29) is 107 Å². The molecule has 3 N–H and O–H groups in total. The molecule has 50 valence electrons. The topological polar surface area (TPSA) is 77.8 Å². The fourth-order valence-electron chi connectivity index (χ4n) is 0. The Morgan fingerprint density at radius 2 is 1.22 bits per heavy atom. The molecule has 0 aromatic heterocycles. The molecule has 0 bridgehead atoms. The van der Waals surface area contributed by atoms with E-state index < -0.39 is 7.82 Å². The molecule has 0 saturated heterocycles. The normalized spacial score (nSPS) is 6.56. The van der Waals surface area contributed by atoms with Gasteiger partial charge in [-0.05, 0) is 0 Å². The van der Waals surface area contributed by atoms with Crippen LogP contribution in [-0.2, 0) is 4.57 Å². The summed E-state index contributed by atoms with van der Waals surface area (Å²) >= 11 is 0. The zero-order valence-corrected chi connectivity index (χ0v) is 12.6. The molecule has 0 heterocycles. The minimum absolute atomic E-state index is 0. The zero-order chi connectivity index (χ0) is 4.50. The third kappa shape index (κ3) is 89.0. The molecule has 0 fully saturated rings. The molecule has 0 aliphatic rings. The van der Waals surface area contributed by atoms with Crippen LogP contribution in [-0.4, -0.2) is 14.7 Å². The van der Waals surface area contributed by atoms with Crippen LogP contribution in [0.25, 0.3) is 0 Å². The first-order valence-electron chi connectivity index (χ1n) is 0.783. The second-order valence-electron chi connectivity index (χ2n) is 0.513. The van der Waals surface area contributed by atoms with Crippen molar-refractivity contribution in [3.8, 4) is 0 Å². The van der Waals surface area contributed by atoms with Crippen molar-refractivity contribution in [2.75, 3.05) is 0 Å². The van der Waals surface area contributed by atoms with Crippen molar-refractivity contribution in [1.29, 1.82) is 0 Å². The fourth-order valence-corrected chi connectivity index (χ4v) is 0. The molecule has 0 spiro atoms. The Kier molecular flexibility index (Phi) is 45.5.